The van der Waals surface area contributed by atoms with E-state index in [0.717, 1.165) is 60.3 Å². The van der Waals surface area contributed by atoms with E-state index in [0.29, 0.717) is 12.2 Å². The van der Waals surface area contributed by atoms with Gasteiger partial charge < -0.3 is 15.5 Å². The summed E-state index contributed by atoms with van der Waals surface area (Å²) < 4.78 is 28.2. The third-order valence-corrected chi connectivity index (χ3v) is 6.91. The predicted molar refractivity (Wildman–Crippen MR) is 132 cm³/mol. The first-order valence-corrected chi connectivity index (χ1v) is 12.0. The predicted octanol–water partition coefficient (Wildman–Crippen LogP) is 6.37. The van der Waals surface area contributed by atoms with Gasteiger partial charge in [0, 0.05) is 42.8 Å². The van der Waals surface area contributed by atoms with Gasteiger partial charge in [-0.15, -0.1) is 0 Å². The number of rotatable bonds is 5. The van der Waals surface area contributed by atoms with Crippen LogP contribution in [0.5, 0.6) is 0 Å². The molecule has 2 aliphatic rings. The number of anilines is 2. The van der Waals surface area contributed by atoms with Crippen molar-refractivity contribution in [2.45, 2.75) is 38.0 Å². The van der Waals surface area contributed by atoms with Crippen molar-refractivity contribution in [3.8, 4) is 0 Å². The van der Waals surface area contributed by atoms with Gasteiger partial charge in [-0.1, -0.05) is 31.2 Å². The van der Waals surface area contributed by atoms with E-state index in [2.05, 4.69) is 15.5 Å². The van der Waals surface area contributed by atoms with Crippen molar-refractivity contribution < 1.29 is 13.6 Å². The highest BCUT2D eigenvalue weighted by atomic mass is 19.1. The van der Waals surface area contributed by atoms with Crippen LogP contribution in [-0.4, -0.2) is 25.7 Å². The van der Waals surface area contributed by atoms with Gasteiger partial charge in [-0.3, -0.25) is 0 Å². The van der Waals surface area contributed by atoms with Gasteiger partial charge in [-0.25, -0.2) is 13.6 Å². The lowest BCUT2D eigenvalue weighted by Crippen LogP contribution is -2.38. The maximum absolute atomic E-state index is 14.1. The molecule has 6 heteroatoms. The first-order chi connectivity index (χ1) is 16.5. The van der Waals surface area contributed by atoms with Crippen molar-refractivity contribution >= 4 is 17.4 Å². The average Bonchev–Trinajstić information content (AvgIpc) is 2.83. The molecule has 5 rings (SSSR count). The summed E-state index contributed by atoms with van der Waals surface area (Å²) in [6, 6.07) is 17.4. The van der Waals surface area contributed by atoms with E-state index < -0.39 is 0 Å². The number of nitrogens with zero attached hydrogens (tertiary/aromatic N) is 1. The SMILES string of the molecule is CCCNC(=O)Nc1cc2c3c(c1)[C@H](c1cccc(F)c1)CCN3CC[C@H]2c1cccc(F)c1. The number of urea groups is 1. The molecule has 0 fully saturated rings. The Hall–Kier alpha value is -3.41. The summed E-state index contributed by atoms with van der Waals surface area (Å²) in [6.07, 6.45) is 2.58. The lowest BCUT2D eigenvalue weighted by atomic mass is 9.76. The molecule has 0 aliphatic carbocycles. The molecule has 3 aromatic rings. The highest BCUT2D eigenvalue weighted by Gasteiger charge is 2.35. The second kappa shape index (κ2) is 9.45. The quantitative estimate of drug-likeness (QED) is 0.463. The molecule has 176 valence electrons. The van der Waals surface area contributed by atoms with Crippen LogP contribution in [0.15, 0.2) is 60.7 Å². The number of benzene rings is 3. The van der Waals surface area contributed by atoms with Crippen LogP contribution in [0.4, 0.5) is 25.0 Å². The molecule has 2 aliphatic heterocycles. The van der Waals surface area contributed by atoms with Crippen LogP contribution >= 0.6 is 0 Å². The van der Waals surface area contributed by atoms with Gasteiger partial charge in [-0.2, -0.15) is 0 Å². The second-order valence-electron chi connectivity index (χ2n) is 9.16. The maximum atomic E-state index is 14.1. The Kier molecular flexibility index (Phi) is 6.22. The van der Waals surface area contributed by atoms with Crippen LogP contribution in [0.3, 0.4) is 0 Å². The molecule has 0 bridgehead atoms. The van der Waals surface area contributed by atoms with E-state index >= 15 is 0 Å². The first kappa shape index (κ1) is 22.4. The Morgan fingerprint density at radius 3 is 1.97 bits per heavy atom. The summed E-state index contributed by atoms with van der Waals surface area (Å²) >= 11 is 0. The van der Waals surface area contributed by atoms with Crippen molar-refractivity contribution in [3.05, 3.63) is 94.6 Å². The van der Waals surface area contributed by atoms with Gasteiger partial charge in [0.2, 0.25) is 0 Å². The van der Waals surface area contributed by atoms with Gasteiger partial charge in [-0.05, 0) is 77.9 Å². The molecule has 3 aromatic carbocycles. The second-order valence-corrected chi connectivity index (χ2v) is 9.16. The summed E-state index contributed by atoms with van der Waals surface area (Å²) in [5, 5.41) is 5.85. The molecule has 0 unspecified atom stereocenters. The third-order valence-electron chi connectivity index (χ3n) is 6.91. The summed E-state index contributed by atoms with van der Waals surface area (Å²) in [4.78, 5) is 14.9. The van der Waals surface area contributed by atoms with Gasteiger partial charge >= 0.3 is 6.03 Å². The van der Waals surface area contributed by atoms with Gasteiger partial charge in [0.15, 0.2) is 0 Å². The van der Waals surface area contributed by atoms with Gasteiger partial charge in [0.1, 0.15) is 11.6 Å². The summed E-state index contributed by atoms with van der Waals surface area (Å²) in [5.41, 5.74) is 5.88. The molecule has 2 amide bonds. The zero-order chi connectivity index (χ0) is 23.7. The minimum Gasteiger partial charge on any atom is -0.371 e. The van der Waals surface area contributed by atoms with Crippen LogP contribution in [0.25, 0.3) is 0 Å². The zero-order valence-electron chi connectivity index (χ0n) is 19.3. The largest absolute Gasteiger partial charge is 0.371 e. The number of carbonyl (C=O) groups is 1. The molecule has 2 heterocycles. The van der Waals surface area contributed by atoms with Crippen molar-refractivity contribution in [1.82, 2.24) is 5.32 Å². The molecule has 0 spiro atoms. The smallest absolute Gasteiger partial charge is 0.319 e. The van der Waals surface area contributed by atoms with E-state index in [4.69, 9.17) is 0 Å². The van der Waals surface area contributed by atoms with Crippen molar-refractivity contribution in [2.75, 3.05) is 29.9 Å². The standard InChI is InChI=1S/C28H29F2N3O/c1-2-11-31-28(34)32-22-16-25-23(18-5-3-7-20(29)14-18)9-12-33-13-10-24(26(17-22)27(25)33)19-6-4-8-21(30)15-19/h3-8,14-17,23-24H,2,9-13H2,1H3,(H2,31,32,34)/t23-,24-/m0/s1. The fourth-order valence-corrected chi connectivity index (χ4v) is 5.42. The fourth-order valence-electron chi connectivity index (χ4n) is 5.42. The fraction of sp³-hybridized carbons (Fsp3) is 0.321. The molecular weight excluding hydrogens is 432 g/mol. The molecule has 4 nitrogen and oxygen atoms in total. The lowest BCUT2D eigenvalue weighted by Gasteiger charge is -2.43. The summed E-state index contributed by atoms with van der Waals surface area (Å²) in [5.74, 6) is -0.459. The minimum atomic E-state index is -0.250. The Balaban J connectivity index is 1.63. The van der Waals surface area contributed by atoms with Crippen molar-refractivity contribution in [2.24, 2.45) is 0 Å². The van der Waals surface area contributed by atoms with Gasteiger partial charge in [0.25, 0.3) is 0 Å². The topological polar surface area (TPSA) is 44.4 Å². The van der Waals surface area contributed by atoms with Crippen LogP contribution in [0.1, 0.15) is 60.3 Å². The molecule has 2 N–H and O–H groups in total. The number of halogens is 2. The van der Waals surface area contributed by atoms with E-state index in [9.17, 15) is 13.6 Å². The molecule has 0 radical (unpaired) electrons. The van der Waals surface area contributed by atoms with Crippen molar-refractivity contribution in [3.63, 3.8) is 0 Å². The number of amides is 2. The van der Waals surface area contributed by atoms with E-state index in [1.807, 2.05) is 31.2 Å². The molecule has 0 saturated heterocycles. The number of hydrogen-bond acceptors (Lipinski definition) is 2. The molecule has 34 heavy (non-hydrogen) atoms. The number of hydrogen-bond donors (Lipinski definition) is 2. The zero-order valence-corrected chi connectivity index (χ0v) is 19.3. The van der Waals surface area contributed by atoms with E-state index in [-0.39, 0.29) is 29.5 Å². The molecule has 0 saturated carbocycles. The molecule has 2 atom stereocenters. The highest BCUT2D eigenvalue weighted by molar-refractivity contribution is 5.90. The normalized spacial score (nSPS) is 18.9. The molecule has 0 aromatic heterocycles. The van der Waals surface area contributed by atoms with E-state index in [1.54, 1.807) is 24.3 Å². The maximum Gasteiger partial charge on any atom is 0.319 e. The Morgan fingerprint density at radius 2 is 1.47 bits per heavy atom. The highest BCUT2D eigenvalue weighted by Crippen LogP contribution is 2.49. The average molecular weight is 462 g/mol. The van der Waals surface area contributed by atoms with Crippen LogP contribution in [0, 0.1) is 11.6 Å². The lowest BCUT2D eigenvalue weighted by molar-refractivity contribution is 0.252. The summed E-state index contributed by atoms with van der Waals surface area (Å²) in [6.45, 7) is 4.35. The van der Waals surface area contributed by atoms with Crippen molar-refractivity contribution in [1.29, 1.82) is 0 Å². The minimum absolute atomic E-state index is 0.0208. The Morgan fingerprint density at radius 1 is 0.912 bits per heavy atom. The molecular formula is C28H29F2N3O. The Labute approximate surface area is 199 Å². The summed E-state index contributed by atoms with van der Waals surface area (Å²) in [7, 11) is 0. The van der Waals surface area contributed by atoms with Crippen LogP contribution in [0.2, 0.25) is 0 Å². The monoisotopic (exact) mass is 461 g/mol. The third kappa shape index (κ3) is 4.37. The van der Waals surface area contributed by atoms with Gasteiger partial charge in [0.05, 0.1) is 0 Å². The van der Waals surface area contributed by atoms with E-state index in [1.165, 1.54) is 12.1 Å². The Bertz CT molecular complexity index is 1130. The van der Waals surface area contributed by atoms with Crippen LogP contribution in [-0.2, 0) is 0 Å². The van der Waals surface area contributed by atoms with Crippen LogP contribution < -0.4 is 15.5 Å². The number of nitrogens with one attached hydrogen (secondary N) is 2. The first-order valence-electron chi connectivity index (χ1n) is 12.0. The number of carbonyl (C=O) groups excluding carboxylic acids is 1.